The summed E-state index contributed by atoms with van der Waals surface area (Å²) in [6, 6.07) is -0.267. The minimum absolute atomic E-state index is 0.0172. The van der Waals surface area contributed by atoms with Gasteiger partial charge in [0, 0.05) is 11.8 Å². The second-order valence-corrected chi connectivity index (χ2v) is 7.51. The lowest BCUT2D eigenvalue weighted by Crippen LogP contribution is -2.44. The zero-order valence-corrected chi connectivity index (χ0v) is 14.9. The number of amides is 2. The lowest BCUT2D eigenvalue weighted by atomic mass is 9.94. The van der Waals surface area contributed by atoms with Crippen LogP contribution in [0.1, 0.15) is 63.2 Å². The summed E-state index contributed by atoms with van der Waals surface area (Å²) >= 11 is 0. The van der Waals surface area contributed by atoms with E-state index in [1.165, 1.54) is 0 Å². The number of hydrogen-bond donors (Lipinski definition) is 2. The number of hydrogen-bond acceptors (Lipinski definition) is 6. The molecule has 8 nitrogen and oxygen atoms in total. The summed E-state index contributed by atoms with van der Waals surface area (Å²) in [5, 5.41) is 7.14. The van der Waals surface area contributed by atoms with Crippen molar-refractivity contribution in [3.63, 3.8) is 0 Å². The number of nitrogens with one attached hydrogen (secondary N) is 1. The van der Waals surface area contributed by atoms with Crippen molar-refractivity contribution in [3.8, 4) is 0 Å². The first-order valence-corrected chi connectivity index (χ1v) is 9.08. The van der Waals surface area contributed by atoms with Gasteiger partial charge in [-0.25, -0.2) is 0 Å². The maximum Gasteiger partial charge on any atom is 0.249 e. The molecule has 1 aliphatic carbocycles. The van der Waals surface area contributed by atoms with Gasteiger partial charge in [-0.1, -0.05) is 19.0 Å². The van der Waals surface area contributed by atoms with Crippen molar-refractivity contribution in [1.82, 2.24) is 20.4 Å². The number of primary amides is 1. The SMILES string of the molecule is CC(C)C(NC(=O)C1CCN(CC(N)=O)CC1)c1nc(C2CC2)no1. The van der Waals surface area contributed by atoms with E-state index in [1.54, 1.807) is 0 Å². The van der Waals surface area contributed by atoms with E-state index in [-0.39, 0.29) is 36.2 Å². The van der Waals surface area contributed by atoms with Gasteiger partial charge in [-0.15, -0.1) is 0 Å². The molecule has 138 valence electrons. The average molecular weight is 349 g/mol. The van der Waals surface area contributed by atoms with E-state index in [0.29, 0.717) is 24.9 Å². The molecule has 1 aliphatic heterocycles. The van der Waals surface area contributed by atoms with Crippen molar-refractivity contribution < 1.29 is 14.1 Å². The second-order valence-electron chi connectivity index (χ2n) is 7.51. The van der Waals surface area contributed by atoms with Crippen LogP contribution < -0.4 is 11.1 Å². The first kappa shape index (κ1) is 17.8. The number of carbonyl (C=O) groups is 2. The van der Waals surface area contributed by atoms with Crippen molar-refractivity contribution in [2.24, 2.45) is 17.6 Å². The Hall–Kier alpha value is -1.96. The van der Waals surface area contributed by atoms with Crippen molar-refractivity contribution in [2.45, 2.75) is 51.5 Å². The number of nitrogens with two attached hydrogens (primary N) is 1. The lowest BCUT2D eigenvalue weighted by molar-refractivity contribution is -0.128. The third-order valence-electron chi connectivity index (χ3n) is 4.97. The topological polar surface area (TPSA) is 114 Å². The summed E-state index contributed by atoms with van der Waals surface area (Å²) in [4.78, 5) is 30.1. The summed E-state index contributed by atoms with van der Waals surface area (Å²) < 4.78 is 5.40. The molecule has 3 N–H and O–H groups in total. The van der Waals surface area contributed by atoms with Gasteiger partial charge in [-0.2, -0.15) is 4.98 Å². The molecule has 0 bridgehead atoms. The zero-order chi connectivity index (χ0) is 18.0. The van der Waals surface area contributed by atoms with Crippen LogP contribution in [0.5, 0.6) is 0 Å². The van der Waals surface area contributed by atoms with Crippen molar-refractivity contribution in [1.29, 1.82) is 0 Å². The van der Waals surface area contributed by atoms with Crippen molar-refractivity contribution in [3.05, 3.63) is 11.7 Å². The molecule has 0 aromatic carbocycles. The Balaban J connectivity index is 1.56. The second kappa shape index (κ2) is 7.51. The van der Waals surface area contributed by atoms with Gasteiger partial charge < -0.3 is 15.6 Å². The molecular formula is C17H27N5O3. The molecule has 0 spiro atoms. The molecule has 2 fully saturated rings. The van der Waals surface area contributed by atoms with Gasteiger partial charge in [0.25, 0.3) is 0 Å². The number of piperidine rings is 1. The summed E-state index contributed by atoms with van der Waals surface area (Å²) in [5.74, 6) is 1.47. The Bertz CT molecular complexity index is 618. The van der Waals surface area contributed by atoms with Gasteiger partial charge in [0.2, 0.25) is 17.7 Å². The molecule has 1 aromatic rings. The zero-order valence-electron chi connectivity index (χ0n) is 14.9. The first-order valence-electron chi connectivity index (χ1n) is 9.08. The van der Waals surface area contributed by atoms with E-state index >= 15 is 0 Å². The van der Waals surface area contributed by atoms with Crippen LogP contribution in [-0.2, 0) is 9.59 Å². The monoisotopic (exact) mass is 349 g/mol. The van der Waals surface area contributed by atoms with Crippen LogP contribution in [0.4, 0.5) is 0 Å². The highest BCUT2D eigenvalue weighted by atomic mass is 16.5. The molecule has 2 heterocycles. The fourth-order valence-electron chi connectivity index (χ4n) is 3.24. The Morgan fingerprint density at radius 2 is 1.96 bits per heavy atom. The number of aromatic nitrogens is 2. The number of nitrogens with zero attached hydrogens (tertiary/aromatic N) is 3. The molecule has 0 radical (unpaired) electrons. The van der Waals surface area contributed by atoms with E-state index in [1.807, 2.05) is 18.7 Å². The van der Waals surface area contributed by atoms with E-state index in [9.17, 15) is 9.59 Å². The van der Waals surface area contributed by atoms with Gasteiger partial charge >= 0.3 is 0 Å². The van der Waals surface area contributed by atoms with Crippen molar-refractivity contribution in [2.75, 3.05) is 19.6 Å². The van der Waals surface area contributed by atoms with Gasteiger partial charge in [0.05, 0.1) is 6.54 Å². The standard InChI is InChI=1S/C17H27N5O3/c1-10(2)14(17-20-15(21-25-17)11-3-4-11)19-16(24)12-5-7-22(8-6-12)9-13(18)23/h10-12,14H,3-9H2,1-2H3,(H2,18,23)(H,19,24). The summed E-state index contributed by atoms with van der Waals surface area (Å²) in [6.07, 6.45) is 3.67. The lowest BCUT2D eigenvalue weighted by Gasteiger charge is -2.31. The normalized spacial score (nSPS) is 20.6. The van der Waals surface area contributed by atoms with Crippen LogP contribution in [0.25, 0.3) is 0 Å². The van der Waals surface area contributed by atoms with E-state index in [2.05, 4.69) is 15.5 Å². The molecule has 8 heteroatoms. The summed E-state index contributed by atoms with van der Waals surface area (Å²) in [7, 11) is 0. The van der Waals surface area contributed by atoms with Crippen LogP contribution in [0.2, 0.25) is 0 Å². The first-order chi connectivity index (χ1) is 11.9. The molecule has 1 atom stereocenters. The van der Waals surface area contributed by atoms with Gasteiger partial charge in [0.1, 0.15) is 6.04 Å². The Labute approximate surface area is 147 Å². The fourth-order valence-corrected chi connectivity index (χ4v) is 3.24. The maximum absolute atomic E-state index is 12.7. The molecular weight excluding hydrogens is 322 g/mol. The predicted octanol–water partition coefficient (Wildman–Crippen LogP) is 0.958. The Morgan fingerprint density at radius 3 is 2.52 bits per heavy atom. The van der Waals surface area contributed by atoms with Crippen LogP contribution in [0, 0.1) is 11.8 Å². The molecule has 1 saturated heterocycles. The Morgan fingerprint density at radius 1 is 1.28 bits per heavy atom. The minimum atomic E-state index is -0.328. The quantitative estimate of drug-likeness (QED) is 0.758. The van der Waals surface area contributed by atoms with E-state index < -0.39 is 0 Å². The van der Waals surface area contributed by atoms with Crippen LogP contribution in [0.3, 0.4) is 0 Å². The highest BCUT2D eigenvalue weighted by Gasteiger charge is 2.33. The molecule has 1 unspecified atom stereocenters. The number of carbonyl (C=O) groups excluding carboxylic acids is 2. The summed E-state index contributed by atoms with van der Waals surface area (Å²) in [5.41, 5.74) is 5.23. The van der Waals surface area contributed by atoms with Gasteiger partial charge in [0.15, 0.2) is 5.82 Å². The van der Waals surface area contributed by atoms with Gasteiger partial charge in [-0.3, -0.25) is 14.5 Å². The average Bonchev–Trinajstić information content (AvgIpc) is 3.30. The summed E-state index contributed by atoms with van der Waals surface area (Å²) in [6.45, 7) is 5.73. The smallest absolute Gasteiger partial charge is 0.249 e. The van der Waals surface area contributed by atoms with E-state index in [0.717, 1.165) is 31.5 Å². The van der Waals surface area contributed by atoms with Crippen LogP contribution in [0.15, 0.2) is 4.52 Å². The predicted molar refractivity (Wildman–Crippen MR) is 90.4 cm³/mol. The third kappa shape index (κ3) is 4.56. The number of rotatable bonds is 7. The molecule has 1 saturated carbocycles. The van der Waals surface area contributed by atoms with Crippen molar-refractivity contribution >= 4 is 11.8 Å². The highest BCUT2D eigenvalue weighted by Crippen LogP contribution is 2.38. The molecule has 2 aliphatic rings. The minimum Gasteiger partial charge on any atom is -0.369 e. The maximum atomic E-state index is 12.7. The highest BCUT2D eigenvalue weighted by molar-refractivity contribution is 5.79. The third-order valence-corrected chi connectivity index (χ3v) is 4.97. The molecule has 1 aromatic heterocycles. The largest absolute Gasteiger partial charge is 0.369 e. The molecule has 3 rings (SSSR count). The Kier molecular flexibility index (Phi) is 5.36. The van der Waals surface area contributed by atoms with Gasteiger partial charge in [-0.05, 0) is 44.7 Å². The molecule has 25 heavy (non-hydrogen) atoms. The van der Waals surface area contributed by atoms with E-state index in [4.69, 9.17) is 10.3 Å². The van der Waals surface area contributed by atoms with Crippen LogP contribution in [-0.4, -0.2) is 46.5 Å². The van der Waals surface area contributed by atoms with Crippen LogP contribution >= 0.6 is 0 Å². The fraction of sp³-hybridized carbons (Fsp3) is 0.765. The molecule has 2 amide bonds. The number of likely N-dealkylation sites (tertiary alicyclic amines) is 1.